The number of fused-ring (bicyclic) bond motifs is 1. The fourth-order valence-corrected chi connectivity index (χ4v) is 2.91. The Morgan fingerprint density at radius 1 is 1.04 bits per heavy atom. The van der Waals surface area contributed by atoms with Crippen molar-refractivity contribution in [1.82, 2.24) is 0 Å². The number of benzene rings is 2. The summed E-state index contributed by atoms with van der Waals surface area (Å²) in [7, 11) is 0. The molecule has 0 spiro atoms. The summed E-state index contributed by atoms with van der Waals surface area (Å²) in [5.74, 6) is 1.31. The Kier molecular flexibility index (Phi) is 3.41. The first kappa shape index (κ1) is 14.1. The van der Waals surface area contributed by atoms with Crippen LogP contribution < -0.4 is 14.8 Å². The van der Waals surface area contributed by atoms with E-state index in [1.807, 2.05) is 18.2 Å². The molecule has 2 unspecified atom stereocenters. The van der Waals surface area contributed by atoms with Crippen molar-refractivity contribution in [2.24, 2.45) is 5.92 Å². The molecule has 1 heterocycles. The number of ether oxygens (including phenoxy) is 2. The summed E-state index contributed by atoms with van der Waals surface area (Å²) in [5, 5.41) is 2.83. The summed E-state index contributed by atoms with van der Waals surface area (Å²) in [5.41, 5.74) is 1.71. The first-order chi connectivity index (χ1) is 11.2. The SMILES string of the molecule is O=C(Nc1ccc(F)cc1)C1CC1c1ccc2c(c1)OCCO2. The molecule has 2 aromatic carbocycles. The average molecular weight is 313 g/mol. The quantitative estimate of drug-likeness (QED) is 0.945. The van der Waals surface area contributed by atoms with Crippen molar-refractivity contribution in [3.05, 3.63) is 53.8 Å². The molecule has 1 aliphatic carbocycles. The van der Waals surface area contributed by atoms with Crippen LogP contribution in [0, 0.1) is 11.7 Å². The van der Waals surface area contributed by atoms with E-state index < -0.39 is 0 Å². The molecule has 23 heavy (non-hydrogen) atoms. The van der Waals surface area contributed by atoms with Crippen LogP contribution in [0.3, 0.4) is 0 Å². The highest BCUT2D eigenvalue weighted by Crippen LogP contribution is 2.49. The van der Waals surface area contributed by atoms with E-state index in [1.54, 1.807) is 12.1 Å². The maximum Gasteiger partial charge on any atom is 0.228 e. The number of carbonyl (C=O) groups excluding carboxylic acids is 1. The van der Waals surface area contributed by atoms with Crippen LogP contribution >= 0.6 is 0 Å². The Morgan fingerprint density at radius 3 is 2.57 bits per heavy atom. The molecule has 1 aliphatic heterocycles. The Morgan fingerprint density at radius 2 is 1.78 bits per heavy atom. The molecule has 0 bridgehead atoms. The van der Waals surface area contributed by atoms with Gasteiger partial charge in [-0.1, -0.05) is 6.07 Å². The lowest BCUT2D eigenvalue weighted by Crippen LogP contribution is -2.16. The number of hydrogen-bond acceptors (Lipinski definition) is 3. The van der Waals surface area contributed by atoms with Gasteiger partial charge in [0.2, 0.25) is 5.91 Å². The zero-order valence-electron chi connectivity index (χ0n) is 12.4. The third-order valence-electron chi connectivity index (χ3n) is 4.23. The van der Waals surface area contributed by atoms with Crippen molar-refractivity contribution in [3.63, 3.8) is 0 Å². The van der Waals surface area contributed by atoms with Gasteiger partial charge in [-0.3, -0.25) is 4.79 Å². The molecule has 1 saturated carbocycles. The molecule has 5 heteroatoms. The van der Waals surface area contributed by atoms with E-state index >= 15 is 0 Å². The van der Waals surface area contributed by atoms with Gasteiger partial charge in [0.25, 0.3) is 0 Å². The van der Waals surface area contributed by atoms with Crippen LogP contribution in [-0.4, -0.2) is 19.1 Å². The fourth-order valence-electron chi connectivity index (χ4n) is 2.91. The molecule has 0 radical (unpaired) electrons. The zero-order chi connectivity index (χ0) is 15.8. The van der Waals surface area contributed by atoms with Crippen LogP contribution in [0.4, 0.5) is 10.1 Å². The molecule has 1 N–H and O–H groups in total. The first-order valence-corrected chi connectivity index (χ1v) is 7.67. The Hall–Kier alpha value is -2.56. The van der Waals surface area contributed by atoms with Crippen LogP contribution in [0.15, 0.2) is 42.5 Å². The zero-order valence-corrected chi connectivity index (χ0v) is 12.4. The van der Waals surface area contributed by atoms with Gasteiger partial charge in [-0.2, -0.15) is 0 Å². The maximum absolute atomic E-state index is 12.9. The van der Waals surface area contributed by atoms with E-state index in [4.69, 9.17) is 9.47 Å². The van der Waals surface area contributed by atoms with Gasteiger partial charge in [-0.15, -0.1) is 0 Å². The minimum absolute atomic E-state index is 0.0310. The molecule has 2 atom stereocenters. The normalized spacial score (nSPS) is 21.6. The van der Waals surface area contributed by atoms with Crippen molar-refractivity contribution in [2.75, 3.05) is 18.5 Å². The van der Waals surface area contributed by atoms with E-state index in [1.165, 1.54) is 12.1 Å². The third kappa shape index (κ3) is 2.86. The summed E-state index contributed by atoms with van der Waals surface area (Å²) in [6, 6.07) is 11.6. The third-order valence-corrected chi connectivity index (χ3v) is 4.23. The smallest absolute Gasteiger partial charge is 0.228 e. The number of hydrogen-bond donors (Lipinski definition) is 1. The highest BCUT2D eigenvalue weighted by molar-refractivity contribution is 5.95. The van der Waals surface area contributed by atoms with Crippen LogP contribution in [0.25, 0.3) is 0 Å². The van der Waals surface area contributed by atoms with Crippen LogP contribution in [0.2, 0.25) is 0 Å². The Bertz CT molecular complexity index is 744. The summed E-state index contributed by atoms with van der Waals surface area (Å²) in [6.07, 6.45) is 0.812. The number of nitrogens with one attached hydrogen (secondary N) is 1. The molecule has 4 rings (SSSR count). The lowest BCUT2D eigenvalue weighted by Gasteiger charge is -2.18. The first-order valence-electron chi connectivity index (χ1n) is 7.67. The van der Waals surface area contributed by atoms with Crippen molar-refractivity contribution in [2.45, 2.75) is 12.3 Å². The molecule has 0 aromatic heterocycles. The number of halogens is 1. The highest BCUT2D eigenvalue weighted by Gasteiger charge is 2.44. The lowest BCUT2D eigenvalue weighted by molar-refractivity contribution is -0.117. The minimum Gasteiger partial charge on any atom is -0.486 e. The largest absolute Gasteiger partial charge is 0.486 e. The second kappa shape index (κ2) is 5.57. The highest BCUT2D eigenvalue weighted by atomic mass is 19.1. The van der Waals surface area contributed by atoms with Gasteiger partial charge in [0.05, 0.1) is 0 Å². The van der Waals surface area contributed by atoms with E-state index in [0.29, 0.717) is 18.9 Å². The molecule has 118 valence electrons. The molecule has 0 saturated heterocycles. The van der Waals surface area contributed by atoms with Gasteiger partial charge < -0.3 is 14.8 Å². The van der Waals surface area contributed by atoms with Crippen molar-refractivity contribution < 1.29 is 18.7 Å². The van der Waals surface area contributed by atoms with Gasteiger partial charge in [0.1, 0.15) is 19.0 Å². The molecule has 2 aliphatic rings. The maximum atomic E-state index is 12.9. The topological polar surface area (TPSA) is 47.6 Å². The van der Waals surface area contributed by atoms with Crippen LogP contribution in [-0.2, 0) is 4.79 Å². The standard InChI is InChI=1S/C18H16FNO3/c19-12-2-4-13(5-3-12)20-18(21)15-10-14(15)11-1-6-16-17(9-11)23-8-7-22-16/h1-6,9,14-15H,7-8,10H2,(H,20,21). The number of anilines is 1. The van der Waals surface area contributed by atoms with E-state index in [0.717, 1.165) is 23.5 Å². The van der Waals surface area contributed by atoms with Crippen molar-refractivity contribution in [3.8, 4) is 11.5 Å². The minimum atomic E-state index is -0.316. The summed E-state index contributed by atoms with van der Waals surface area (Å²) in [6.45, 7) is 1.12. The van der Waals surface area contributed by atoms with Crippen molar-refractivity contribution in [1.29, 1.82) is 0 Å². The molecule has 2 aromatic rings. The van der Waals surface area contributed by atoms with Gasteiger partial charge >= 0.3 is 0 Å². The van der Waals surface area contributed by atoms with E-state index in [-0.39, 0.29) is 23.6 Å². The number of carbonyl (C=O) groups is 1. The van der Waals surface area contributed by atoms with Crippen LogP contribution in [0.1, 0.15) is 17.9 Å². The average Bonchev–Trinajstić information content (AvgIpc) is 3.37. The number of rotatable bonds is 3. The van der Waals surface area contributed by atoms with Crippen molar-refractivity contribution >= 4 is 11.6 Å². The molecule has 4 nitrogen and oxygen atoms in total. The van der Waals surface area contributed by atoms with Gasteiger partial charge in [-0.05, 0) is 54.3 Å². The summed E-state index contributed by atoms with van der Waals surface area (Å²) >= 11 is 0. The molecular formula is C18H16FNO3. The Labute approximate surface area is 133 Å². The van der Waals surface area contributed by atoms with Gasteiger partial charge in [-0.25, -0.2) is 4.39 Å². The fraction of sp³-hybridized carbons (Fsp3) is 0.278. The second-order valence-corrected chi connectivity index (χ2v) is 5.85. The predicted molar refractivity (Wildman–Crippen MR) is 83.3 cm³/mol. The molecule has 1 fully saturated rings. The van der Waals surface area contributed by atoms with Gasteiger partial charge in [0.15, 0.2) is 11.5 Å². The monoisotopic (exact) mass is 313 g/mol. The van der Waals surface area contributed by atoms with E-state index in [9.17, 15) is 9.18 Å². The summed E-state index contributed by atoms with van der Waals surface area (Å²) in [4.78, 5) is 12.3. The van der Waals surface area contributed by atoms with Gasteiger partial charge in [0, 0.05) is 11.6 Å². The number of amides is 1. The summed E-state index contributed by atoms with van der Waals surface area (Å²) < 4.78 is 24.0. The lowest BCUT2D eigenvalue weighted by atomic mass is 10.1. The Balaban J connectivity index is 1.43. The van der Waals surface area contributed by atoms with Crippen LogP contribution in [0.5, 0.6) is 11.5 Å². The second-order valence-electron chi connectivity index (χ2n) is 5.85. The van der Waals surface area contributed by atoms with E-state index in [2.05, 4.69) is 5.32 Å². The predicted octanol–water partition coefficient (Wildman–Crippen LogP) is 3.34. The molecule has 1 amide bonds. The molecular weight excluding hydrogens is 297 g/mol.